The number of aryl methyl sites for hydroxylation is 1. The molecule has 1 aromatic carbocycles. The van der Waals surface area contributed by atoms with Gasteiger partial charge in [0.2, 0.25) is 0 Å². The number of hydrogen-bond acceptors (Lipinski definition) is 2. The molecule has 0 aliphatic carbocycles. The van der Waals surface area contributed by atoms with E-state index in [1.165, 1.54) is 0 Å². The fourth-order valence-electron chi connectivity index (χ4n) is 1.75. The normalized spacial score (nSPS) is 10.9. The van der Waals surface area contributed by atoms with Gasteiger partial charge in [-0.1, -0.05) is 0 Å². The average molecular weight is 289 g/mol. The van der Waals surface area contributed by atoms with E-state index in [-0.39, 0.29) is 20.3 Å². The second kappa shape index (κ2) is 3.99. The number of nitrogens with zero attached hydrogens (tertiary/aromatic N) is 2. The van der Waals surface area contributed by atoms with Crippen LogP contribution in [-0.4, -0.2) is 23.3 Å². The van der Waals surface area contributed by atoms with E-state index in [1.54, 1.807) is 9.76 Å². The molecule has 0 fully saturated rings. The van der Waals surface area contributed by atoms with Gasteiger partial charge in [0.15, 0.2) is 0 Å². The average Bonchev–Trinajstić information content (AvgIpc) is 2.68. The van der Waals surface area contributed by atoms with E-state index in [9.17, 15) is 4.79 Å². The van der Waals surface area contributed by atoms with Crippen LogP contribution in [0.3, 0.4) is 0 Å². The van der Waals surface area contributed by atoms with Crippen LogP contribution in [0.4, 0.5) is 0 Å². The molecule has 17 heavy (non-hydrogen) atoms. The second-order valence-electron chi connectivity index (χ2n) is 3.88. The third-order valence-corrected chi connectivity index (χ3v) is 4.88. The summed E-state index contributed by atoms with van der Waals surface area (Å²) < 4.78 is 2.92. The Labute approximate surface area is 104 Å². The van der Waals surface area contributed by atoms with Gasteiger partial charge in [-0.3, -0.25) is 0 Å². The summed E-state index contributed by atoms with van der Waals surface area (Å²) >= 11 is 0.00840. The summed E-state index contributed by atoms with van der Waals surface area (Å²) in [5.41, 5.74) is 1.19. The SMILES string of the molecule is Cc1ccnc(-n2[se]c3ccccc3c2=O)c1. The third kappa shape index (κ3) is 1.75. The predicted molar refractivity (Wildman–Crippen MR) is 69.0 cm³/mol. The van der Waals surface area contributed by atoms with Crippen molar-refractivity contribution in [2.24, 2.45) is 0 Å². The molecule has 2 heterocycles. The number of pyridine rings is 1. The first-order valence-corrected chi connectivity index (χ1v) is 6.92. The van der Waals surface area contributed by atoms with E-state index >= 15 is 0 Å². The first-order valence-electron chi connectivity index (χ1n) is 5.30. The van der Waals surface area contributed by atoms with Crippen LogP contribution in [0.1, 0.15) is 5.56 Å². The first kappa shape index (κ1) is 10.5. The molecule has 84 valence electrons. The summed E-state index contributed by atoms with van der Waals surface area (Å²) in [5.74, 6) is 0.756. The zero-order chi connectivity index (χ0) is 11.8. The Morgan fingerprint density at radius 1 is 1.24 bits per heavy atom. The summed E-state index contributed by atoms with van der Waals surface area (Å²) in [6, 6.07) is 11.7. The van der Waals surface area contributed by atoms with Crippen molar-refractivity contribution in [3.63, 3.8) is 0 Å². The van der Waals surface area contributed by atoms with Crippen LogP contribution in [0.5, 0.6) is 0 Å². The number of rotatable bonds is 1. The van der Waals surface area contributed by atoms with Crippen molar-refractivity contribution in [2.75, 3.05) is 0 Å². The fourth-order valence-corrected chi connectivity index (χ4v) is 3.78. The van der Waals surface area contributed by atoms with Crippen molar-refractivity contribution < 1.29 is 0 Å². The van der Waals surface area contributed by atoms with Gasteiger partial charge in [-0.15, -0.1) is 0 Å². The Morgan fingerprint density at radius 3 is 2.82 bits per heavy atom. The van der Waals surface area contributed by atoms with Gasteiger partial charge in [0.25, 0.3) is 0 Å². The maximum absolute atomic E-state index is 12.2. The second-order valence-corrected chi connectivity index (χ2v) is 5.95. The molecule has 0 amide bonds. The number of fused-ring (bicyclic) bond motifs is 1. The molecule has 0 saturated carbocycles. The Balaban J connectivity index is 2.31. The van der Waals surface area contributed by atoms with E-state index in [1.807, 2.05) is 43.3 Å². The van der Waals surface area contributed by atoms with Crippen LogP contribution in [0.25, 0.3) is 15.5 Å². The monoisotopic (exact) mass is 290 g/mol. The van der Waals surface area contributed by atoms with Crippen LogP contribution in [0.15, 0.2) is 47.4 Å². The van der Waals surface area contributed by atoms with E-state index in [0.29, 0.717) is 0 Å². The van der Waals surface area contributed by atoms with Gasteiger partial charge in [0.05, 0.1) is 0 Å². The van der Waals surface area contributed by atoms with Crippen molar-refractivity contribution in [3.05, 3.63) is 58.5 Å². The summed E-state index contributed by atoms with van der Waals surface area (Å²) in [6.07, 6.45) is 1.75. The molecule has 0 saturated heterocycles. The van der Waals surface area contributed by atoms with Gasteiger partial charge < -0.3 is 0 Å². The molecule has 0 spiro atoms. The molecular formula is C13H10N2OSe. The Morgan fingerprint density at radius 2 is 2.06 bits per heavy atom. The molecule has 0 bridgehead atoms. The van der Waals surface area contributed by atoms with Crippen LogP contribution in [0.2, 0.25) is 0 Å². The number of aromatic nitrogens is 2. The summed E-state index contributed by atoms with van der Waals surface area (Å²) in [4.78, 5) is 16.5. The maximum atomic E-state index is 12.2. The summed E-state index contributed by atoms with van der Waals surface area (Å²) in [5, 5.41) is 0.816. The van der Waals surface area contributed by atoms with Crippen molar-refractivity contribution in [2.45, 2.75) is 6.92 Å². The van der Waals surface area contributed by atoms with Crippen LogP contribution in [-0.2, 0) is 0 Å². The fraction of sp³-hybridized carbons (Fsp3) is 0.0769. The Bertz CT molecular complexity index is 742. The van der Waals surface area contributed by atoms with Gasteiger partial charge in [-0.05, 0) is 0 Å². The van der Waals surface area contributed by atoms with Gasteiger partial charge in [0, 0.05) is 0 Å². The predicted octanol–water partition coefficient (Wildman–Crippen LogP) is 1.75. The Kier molecular flexibility index (Phi) is 2.46. The molecule has 0 unspecified atom stereocenters. The molecule has 3 nitrogen and oxygen atoms in total. The van der Waals surface area contributed by atoms with Gasteiger partial charge in [0.1, 0.15) is 0 Å². The third-order valence-electron chi connectivity index (χ3n) is 2.60. The molecule has 3 rings (SSSR count). The van der Waals surface area contributed by atoms with E-state index in [0.717, 1.165) is 21.0 Å². The van der Waals surface area contributed by atoms with Crippen LogP contribution >= 0.6 is 0 Å². The molecule has 0 N–H and O–H groups in total. The minimum absolute atomic E-state index is 0.00840. The molecule has 0 atom stereocenters. The summed E-state index contributed by atoms with van der Waals surface area (Å²) in [7, 11) is 0. The van der Waals surface area contributed by atoms with Crippen molar-refractivity contribution in [1.29, 1.82) is 0 Å². The zero-order valence-electron chi connectivity index (χ0n) is 9.25. The number of benzene rings is 1. The van der Waals surface area contributed by atoms with Crippen LogP contribution in [0, 0.1) is 6.92 Å². The van der Waals surface area contributed by atoms with E-state index < -0.39 is 0 Å². The topological polar surface area (TPSA) is 34.9 Å². The first-order chi connectivity index (χ1) is 8.25. The van der Waals surface area contributed by atoms with Gasteiger partial charge in [-0.25, -0.2) is 0 Å². The standard InChI is InChI=1S/C13H10N2OSe/c1-9-6-7-14-12(8-9)15-13(16)10-4-2-3-5-11(10)17-15/h2-8H,1H3. The summed E-state index contributed by atoms with van der Waals surface area (Å²) in [6.45, 7) is 2.01. The molecule has 0 radical (unpaired) electrons. The molecule has 2 aromatic heterocycles. The minimum atomic E-state index is 0.00840. The van der Waals surface area contributed by atoms with Gasteiger partial charge in [-0.2, -0.15) is 0 Å². The molecule has 4 heteroatoms. The quantitative estimate of drug-likeness (QED) is 0.640. The molecule has 3 aromatic rings. The van der Waals surface area contributed by atoms with Crippen molar-refractivity contribution in [3.8, 4) is 5.82 Å². The van der Waals surface area contributed by atoms with E-state index in [4.69, 9.17) is 0 Å². The molecular weight excluding hydrogens is 279 g/mol. The molecule has 0 aliphatic rings. The van der Waals surface area contributed by atoms with Crippen molar-refractivity contribution in [1.82, 2.24) is 8.55 Å². The van der Waals surface area contributed by atoms with Crippen LogP contribution < -0.4 is 5.56 Å². The number of hydrogen-bond donors (Lipinski definition) is 0. The van der Waals surface area contributed by atoms with Crippen molar-refractivity contribution >= 4 is 24.4 Å². The molecule has 0 aliphatic heterocycles. The zero-order valence-corrected chi connectivity index (χ0v) is 11.0. The Hall–Kier alpha value is -1.64. The van der Waals surface area contributed by atoms with E-state index in [2.05, 4.69) is 4.98 Å². The van der Waals surface area contributed by atoms with Gasteiger partial charge >= 0.3 is 104 Å².